The fraction of sp³-hybridized carbons (Fsp3) is 0.467. The fourth-order valence-electron chi connectivity index (χ4n) is 5.09. The number of piperazine rings is 1. The number of aromatic nitrogens is 2. The molecule has 0 saturated carbocycles. The van der Waals surface area contributed by atoms with Crippen LogP contribution < -0.4 is 25.2 Å². The average molecular weight is 596 g/mol. The van der Waals surface area contributed by atoms with Crippen molar-refractivity contribution >= 4 is 40.2 Å². The van der Waals surface area contributed by atoms with Gasteiger partial charge in [-0.1, -0.05) is 36.9 Å². The van der Waals surface area contributed by atoms with Gasteiger partial charge in [-0.3, -0.25) is 19.0 Å². The molecule has 224 valence electrons. The number of fused-ring (bicyclic) bond motifs is 2. The maximum atomic E-state index is 13.8. The summed E-state index contributed by atoms with van der Waals surface area (Å²) in [6.45, 7) is 5.94. The van der Waals surface area contributed by atoms with E-state index in [1.165, 1.54) is 16.3 Å². The molecular weight excluding hydrogens is 558 g/mol. The summed E-state index contributed by atoms with van der Waals surface area (Å²) in [5.41, 5.74) is 1.33. The number of thioether (sulfide) groups is 1. The molecule has 3 aromatic rings. The first kappa shape index (κ1) is 29.7. The van der Waals surface area contributed by atoms with Gasteiger partial charge in [0.2, 0.25) is 18.6 Å². The zero-order valence-corrected chi connectivity index (χ0v) is 24.9. The highest BCUT2D eigenvalue weighted by Gasteiger charge is 2.25. The average Bonchev–Trinajstić information content (AvgIpc) is 3.48. The first-order valence-electron chi connectivity index (χ1n) is 14.3. The second-order valence-electron chi connectivity index (χ2n) is 10.2. The van der Waals surface area contributed by atoms with Crippen molar-refractivity contribution in [1.82, 2.24) is 19.8 Å². The van der Waals surface area contributed by atoms with E-state index in [1.807, 2.05) is 30.0 Å². The van der Waals surface area contributed by atoms with E-state index in [9.17, 15) is 14.4 Å². The molecule has 0 bridgehead atoms. The third-order valence-corrected chi connectivity index (χ3v) is 8.81. The summed E-state index contributed by atoms with van der Waals surface area (Å²) in [6, 6.07) is 13.5. The summed E-state index contributed by atoms with van der Waals surface area (Å²) >= 11 is 1.24. The third kappa shape index (κ3) is 6.81. The van der Waals surface area contributed by atoms with Gasteiger partial charge >= 0.3 is 0 Å². The molecule has 1 aromatic heterocycles. The number of nitrogens with zero attached hydrogens (tertiary/aromatic N) is 4. The number of nitrogens with one attached hydrogen (secondary N) is 1. The van der Waals surface area contributed by atoms with Crippen LogP contribution in [0.15, 0.2) is 52.4 Å². The van der Waals surface area contributed by atoms with Crippen LogP contribution in [0.1, 0.15) is 26.2 Å². The Morgan fingerprint density at radius 1 is 1.10 bits per heavy atom. The number of anilines is 1. The van der Waals surface area contributed by atoms with Gasteiger partial charge in [-0.15, -0.1) is 0 Å². The summed E-state index contributed by atoms with van der Waals surface area (Å²) in [7, 11) is 1.62. The van der Waals surface area contributed by atoms with Gasteiger partial charge in [0.15, 0.2) is 16.7 Å². The number of methoxy groups -OCH3 is 1. The topological polar surface area (TPSA) is 115 Å². The molecule has 0 unspecified atom stereocenters. The number of rotatable bonds is 12. The third-order valence-electron chi connectivity index (χ3n) is 7.45. The Bertz CT molecular complexity index is 1460. The summed E-state index contributed by atoms with van der Waals surface area (Å²) < 4.78 is 17.6. The molecule has 1 fully saturated rings. The minimum Gasteiger partial charge on any atom is -0.454 e. The summed E-state index contributed by atoms with van der Waals surface area (Å²) in [4.78, 5) is 48.9. The highest BCUT2D eigenvalue weighted by Crippen LogP contribution is 2.35. The molecule has 2 aromatic carbocycles. The SMILES string of the molecule is CC[C@@H](Sc1nc2cc3c(cc2c(=O)n1CCC(=O)N1CCN(c2ccccc2)CC1)OCO3)C(=O)NCCCOC. The number of carbonyl (C=O) groups excluding carboxylic acids is 2. The molecule has 0 spiro atoms. The van der Waals surface area contributed by atoms with E-state index >= 15 is 0 Å². The van der Waals surface area contributed by atoms with Crippen molar-refractivity contribution in [2.75, 3.05) is 58.1 Å². The Balaban J connectivity index is 1.33. The number of hydrogen-bond acceptors (Lipinski definition) is 9. The lowest BCUT2D eigenvalue weighted by atomic mass is 10.2. The Kier molecular flexibility index (Phi) is 9.85. The van der Waals surface area contributed by atoms with E-state index in [1.54, 1.807) is 19.2 Å². The highest BCUT2D eigenvalue weighted by atomic mass is 32.2. The van der Waals surface area contributed by atoms with Crippen LogP contribution >= 0.6 is 11.8 Å². The van der Waals surface area contributed by atoms with Crippen molar-refractivity contribution in [2.45, 2.75) is 43.1 Å². The summed E-state index contributed by atoms with van der Waals surface area (Å²) in [5.74, 6) is 0.871. The molecule has 5 rings (SSSR count). The van der Waals surface area contributed by atoms with E-state index in [-0.39, 0.29) is 37.1 Å². The standard InChI is InChI=1S/C30H37N5O6S/c1-3-26(28(37)31-11-7-17-39-2)42-30-32-23-19-25-24(40-20-41-25)18-22(23)29(38)35(30)12-10-27(36)34-15-13-33(14-16-34)21-8-5-4-6-9-21/h4-6,8-9,18-19,26H,3,7,10-17,20H2,1-2H3,(H,31,37)/t26-/m1/s1. The first-order valence-corrected chi connectivity index (χ1v) is 15.2. The van der Waals surface area contributed by atoms with Gasteiger partial charge in [0.25, 0.3) is 5.56 Å². The molecule has 12 heteroatoms. The largest absolute Gasteiger partial charge is 0.454 e. The second kappa shape index (κ2) is 13.9. The van der Waals surface area contributed by atoms with Crippen LogP contribution in [0.4, 0.5) is 5.69 Å². The predicted octanol–water partition coefficient (Wildman–Crippen LogP) is 2.89. The lowest BCUT2D eigenvalue weighted by molar-refractivity contribution is -0.131. The number of para-hydroxylation sites is 1. The van der Waals surface area contributed by atoms with Crippen molar-refractivity contribution in [1.29, 1.82) is 0 Å². The van der Waals surface area contributed by atoms with E-state index in [0.29, 0.717) is 66.6 Å². The van der Waals surface area contributed by atoms with Gasteiger partial charge in [-0.2, -0.15) is 0 Å². The van der Waals surface area contributed by atoms with Crippen LogP contribution in [-0.4, -0.2) is 84.7 Å². The van der Waals surface area contributed by atoms with Gasteiger partial charge in [0, 0.05) is 71.2 Å². The molecule has 1 saturated heterocycles. The van der Waals surface area contributed by atoms with Crippen LogP contribution in [0, 0.1) is 0 Å². The Morgan fingerprint density at radius 3 is 2.55 bits per heavy atom. The zero-order valence-electron chi connectivity index (χ0n) is 24.0. The lowest BCUT2D eigenvalue weighted by Crippen LogP contribution is -2.49. The Labute approximate surface area is 249 Å². The zero-order chi connectivity index (χ0) is 29.5. The lowest BCUT2D eigenvalue weighted by Gasteiger charge is -2.36. The van der Waals surface area contributed by atoms with E-state index < -0.39 is 5.25 Å². The summed E-state index contributed by atoms with van der Waals surface area (Å²) in [5, 5.41) is 3.26. The molecule has 42 heavy (non-hydrogen) atoms. The highest BCUT2D eigenvalue weighted by molar-refractivity contribution is 8.00. The molecule has 0 aliphatic carbocycles. The van der Waals surface area contributed by atoms with E-state index in [2.05, 4.69) is 22.3 Å². The van der Waals surface area contributed by atoms with Gasteiger partial charge in [-0.05, 0) is 31.0 Å². The van der Waals surface area contributed by atoms with Crippen molar-refractivity contribution < 1.29 is 23.8 Å². The Hall–Kier alpha value is -3.77. The molecule has 2 amide bonds. The number of benzene rings is 2. The molecule has 2 aliphatic heterocycles. The minimum absolute atomic E-state index is 0.0146. The van der Waals surface area contributed by atoms with Crippen LogP contribution in [0.3, 0.4) is 0 Å². The fourth-order valence-corrected chi connectivity index (χ4v) is 6.15. The van der Waals surface area contributed by atoms with E-state index in [0.717, 1.165) is 18.8 Å². The molecule has 2 aliphatic rings. The monoisotopic (exact) mass is 595 g/mol. The number of carbonyl (C=O) groups is 2. The maximum Gasteiger partial charge on any atom is 0.262 e. The van der Waals surface area contributed by atoms with Gasteiger partial charge in [0.05, 0.1) is 16.2 Å². The number of amides is 2. The van der Waals surface area contributed by atoms with Crippen molar-refractivity contribution in [3.8, 4) is 11.5 Å². The maximum absolute atomic E-state index is 13.8. The van der Waals surface area contributed by atoms with Gasteiger partial charge < -0.3 is 29.3 Å². The van der Waals surface area contributed by atoms with Gasteiger partial charge in [0.1, 0.15) is 0 Å². The van der Waals surface area contributed by atoms with Crippen LogP contribution in [0.5, 0.6) is 11.5 Å². The molecule has 3 heterocycles. The van der Waals surface area contributed by atoms with E-state index in [4.69, 9.17) is 19.2 Å². The number of hydrogen-bond donors (Lipinski definition) is 1. The smallest absolute Gasteiger partial charge is 0.262 e. The van der Waals surface area contributed by atoms with Crippen LogP contribution in [-0.2, 0) is 20.9 Å². The molecular formula is C30H37N5O6S. The predicted molar refractivity (Wildman–Crippen MR) is 161 cm³/mol. The van der Waals surface area contributed by atoms with Crippen molar-refractivity contribution in [3.05, 3.63) is 52.8 Å². The molecule has 1 N–H and O–H groups in total. The summed E-state index contributed by atoms with van der Waals surface area (Å²) in [6.07, 6.45) is 1.40. The van der Waals surface area contributed by atoms with Crippen LogP contribution in [0.25, 0.3) is 10.9 Å². The molecule has 0 radical (unpaired) electrons. The number of ether oxygens (including phenoxy) is 3. The minimum atomic E-state index is -0.459. The quantitative estimate of drug-likeness (QED) is 0.192. The van der Waals surface area contributed by atoms with Gasteiger partial charge in [-0.25, -0.2) is 4.98 Å². The second-order valence-corrected chi connectivity index (χ2v) is 11.3. The Morgan fingerprint density at radius 2 is 1.83 bits per heavy atom. The molecule has 1 atom stereocenters. The first-order chi connectivity index (χ1) is 20.5. The normalized spacial score (nSPS) is 15.2. The van der Waals surface area contributed by atoms with Crippen molar-refractivity contribution in [2.24, 2.45) is 0 Å². The van der Waals surface area contributed by atoms with Crippen LogP contribution in [0.2, 0.25) is 0 Å². The van der Waals surface area contributed by atoms with Crippen molar-refractivity contribution in [3.63, 3.8) is 0 Å². The molecule has 11 nitrogen and oxygen atoms in total.